The Bertz CT molecular complexity index is 730. The van der Waals surface area contributed by atoms with Crippen molar-refractivity contribution in [3.05, 3.63) is 59.9 Å². The summed E-state index contributed by atoms with van der Waals surface area (Å²) in [5.74, 6) is -0.147. The number of hydrogen-bond acceptors (Lipinski definition) is 4. The Kier molecular flexibility index (Phi) is 5.83. The number of amides is 1. The van der Waals surface area contributed by atoms with Crippen LogP contribution in [0.25, 0.3) is 0 Å². The zero-order valence-electron chi connectivity index (χ0n) is 13.9. The standard InChI is InChI=1S/C18H18F3N3OS/c19-18(20,21)26-16-6-4-14(5-7-16)17(25)24-11-9-23(10-12-24)13-15-3-1-2-8-22-15/h1-8H,9-13H2. The molecule has 1 aromatic carbocycles. The van der Waals surface area contributed by atoms with E-state index in [0.29, 0.717) is 18.7 Å². The molecule has 0 aliphatic carbocycles. The van der Waals surface area contributed by atoms with Crippen molar-refractivity contribution in [1.29, 1.82) is 0 Å². The molecule has 0 spiro atoms. The fourth-order valence-electron chi connectivity index (χ4n) is 2.81. The number of thioether (sulfide) groups is 1. The Morgan fingerprint density at radius 1 is 1.04 bits per heavy atom. The van der Waals surface area contributed by atoms with Gasteiger partial charge in [0.05, 0.1) is 5.69 Å². The van der Waals surface area contributed by atoms with Gasteiger partial charge in [-0.15, -0.1) is 0 Å². The van der Waals surface area contributed by atoms with Crippen LogP contribution in [0.1, 0.15) is 16.1 Å². The number of pyridine rings is 1. The topological polar surface area (TPSA) is 36.4 Å². The molecule has 138 valence electrons. The molecule has 1 saturated heterocycles. The van der Waals surface area contributed by atoms with E-state index >= 15 is 0 Å². The number of nitrogens with zero attached hydrogens (tertiary/aromatic N) is 3. The summed E-state index contributed by atoms with van der Waals surface area (Å²) in [6, 6.07) is 11.4. The van der Waals surface area contributed by atoms with Crippen molar-refractivity contribution in [3.8, 4) is 0 Å². The van der Waals surface area contributed by atoms with Gasteiger partial charge in [-0.3, -0.25) is 14.7 Å². The summed E-state index contributed by atoms with van der Waals surface area (Å²) in [7, 11) is 0. The molecule has 1 aromatic heterocycles. The summed E-state index contributed by atoms with van der Waals surface area (Å²) in [5.41, 5.74) is -2.92. The highest BCUT2D eigenvalue weighted by Crippen LogP contribution is 2.36. The number of hydrogen-bond donors (Lipinski definition) is 0. The second-order valence-corrected chi connectivity index (χ2v) is 7.10. The first-order chi connectivity index (χ1) is 12.4. The lowest BCUT2D eigenvalue weighted by atomic mass is 10.2. The lowest BCUT2D eigenvalue weighted by Crippen LogP contribution is -2.48. The van der Waals surface area contributed by atoms with Crippen LogP contribution in [0.15, 0.2) is 53.6 Å². The molecule has 0 N–H and O–H groups in total. The third kappa shape index (κ3) is 5.22. The van der Waals surface area contributed by atoms with E-state index in [-0.39, 0.29) is 22.6 Å². The number of benzene rings is 1. The first-order valence-electron chi connectivity index (χ1n) is 8.18. The number of carbonyl (C=O) groups excluding carboxylic acids is 1. The van der Waals surface area contributed by atoms with E-state index in [0.717, 1.165) is 25.3 Å². The van der Waals surface area contributed by atoms with Gasteiger partial charge in [0.25, 0.3) is 5.91 Å². The van der Waals surface area contributed by atoms with Gasteiger partial charge in [-0.1, -0.05) is 6.07 Å². The van der Waals surface area contributed by atoms with Crippen LogP contribution in [-0.4, -0.2) is 52.4 Å². The van der Waals surface area contributed by atoms with Crippen LogP contribution in [0.2, 0.25) is 0 Å². The average molecular weight is 381 g/mol. The molecule has 2 heterocycles. The van der Waals surface area contributed by atoms with Crippen molar-refractivity contribution in [2.45, 2.75) is 16.9 Å². The summed E-state index contributed by atoms with van der Waals surface area (Å²) in [4.78, 5) is 20.9. The molecule has 0 unspecified atom stereocenters. The van der Waals surface area contributed by atoms with E-state index in [1.54, 1.807) is 11.1 Å². The molecule has 1 aliphatic rings. The van der Waals surface area contributed by atoms with Crippen molar-refractivity contribution < 1.29 is 18.0 Å². The van der Waals surface area contributed by atoms with Crippen molar-refractivity contribution in [2.24, 2.45) is 0 Å². The van der Waals surface area contributed by atoms with Gasteiger partial charge in [0, 0.05) is 49.4 Å². The number of rotatable bonds is 4. The van der Waals surface area contributed by atoms with Crippen LogP contribution in [0.3, 0.4) is 0 Å². The molecule has 1 fully saturated rings. The van der Waals surface area contributed by atoms with Gasteiger partial charge in [-0.25, -0.2) is 0 Å². The number of aromatic nitrogens is 1. The fourth-order valence-corrected chi connectivity index (χ4v) is 3.35. The Balaban J connectivity index is 1.53. The monoisotopic (exact) mass is 381 g/mol. The lowest BCUT2D eigenvalue weighted by molar-refractivity contribution is -0.0328. The molecule has 0 saturated carbocycles. The second-order valence-electron chi connectivity index (χ2n) is 5.96. The third-order valence-corrected chi connectivity index (χ3v) is 4.85. The summed E-state index contributed by atoms with van der Waals surface area (Å²) >= 11 is -0.180. The van der Waals surface area contributed by atoms with E-state index in [2.05, 4.69) is 9.88 Å². The van der Waals surface area contributed by atoms with Crippen LogP contribution in [-0.2, 0) is 6.54 Å². The lowest BCUT2D eigenvalue weighted by Gasteiger charge is -2.34. The normalized spacial score (nSPS) is 15.9. The zero-order valence-corrected chi connectivity index (χ0v) is 14.8. The van der Waals surface area contributed by atoms with Crippen LogP contribution >= 0.6 is 11.8 Å². The first kappa shape index (κ1) is 18.7. The Hall–Kier alpha value is -2.06. The summed E-state index contributed by atoms with van der Waals surface area (Å²) in [6.45, 7) is 3.40. The van der Waals surface area contributed by atoms with Crippen molar-refractivity contribution >= 4 is 17.7 Å². The maximum atomic E-state index is 12.5. The minimum absolute atomic E-state index is 0.0780. The van der Waals surface area contributed by atoms with Crippen LogP contribution in [0, 0.1) is 0 Å². The van der Waals surface area contributed by atoms with Gasteiger partial charge in [0.1, 0.15) is 0 Å². The molecule has 8 heteroatoms. The molecule has 4 nitrogen and oxygen atoms in total. The highest BCUT2D eigenvalue weighted by atomic mass is 32.2. The first-order valence-corrected chi connectivity index (χ1v) is 9.00. The van der Waals surface area contributed by atoms with Crippen LogP contribution < -0.4 is 0 Å². The second kappa shape index (κ2) is 8.09. The number of carbonyl (C=O) groups is 1. The Morgan fingerprint density at radius 2 is 1.73 bits per heavy atom. The SMILES string of the molecule is O=C(c1ccc(SC(F)(F)F)cc1)N1CCN(Cc2ccccn2)CC1. The maximum Gasteiger partial charge on any atom is 0.446 e. The predicted molar refractivity (Wildman–Crippen MR) is 93.8 cm³/mol. The third-order valence-electron chi connectivity index (χ3n) is 4.11. The molecule has 0 bridgehead atoms. The number of halogens is 3. The Morgan fingerprint density at radius 3 is 2.31 bits per heavy atom. The molecule has 3 rings (SSSR count). The maximum absolute atomic E-state index is 12.5. The summed E-state index contributed by atoms with van der Waals surface area (Å²) in [6.07, 6.45) is 1.76. The van der Waals surface area contributed by atoms with Crippen molar-refractivity contribution in [3.63, 3.8) is 0 Å². The quantitative estimate of drug-likeness (QED) is 0.758. The van der Waals surface area contributed by atoms with Crippen molar-refractivity contribution in [2.75, 3.05) is 26.2 Å². The zero-order chi connectivity index (χ0) is 18.6. The number of alkyl halides is 3. The van der Waals surface area contributed by atoms with Gasteiger partial charge >= 0.3 is 5.51 Å². The fraction of sp³-hybridized carbons (Fsp3) is 0.333. The van der Waals surface area contributed by atoms with E-state index in [1.165, 1.54) is 24.3 Å². The molecule has 2 aromatic rings. The molecule has 26 heavy (non-hydrogen) atoms. The van der Waals surface area contributed by atoms with Crippen LogP contribution in [0.5, 0.6) is 0 Å². The van der Waals surface area contributed by atoms with Gasteiger partial charge in [0.15, 0.2) is 0 Å². The molecule has 1 aliphatic heterocycles. The van der Waals surface area contributed by atoms with Gasteiger partial charge in [0.2, 0.25) is 0 Å². The van der Waals surface area contributed by atoms with E-state index in [1.807, 2.05) is 18.2 Å². The highest BCUT2D eigenvalue weighted by molar-refractivity contribution is 8.00. The van der Waals surface area contributed by atoms with Crippen LogP contribution in [0.4, 0.5) is 13.2 Å². The minimum atomic E-state index is -4.32. The van der Waals surface area contributed by atoms with Gasteiger partial charge in [-0.2, -0.15) is 13.2 Å². The predicted octanol–water partition coefficient (Wildman–Crippen LogP) is 3.65. The average Bonchev–Trinajstić information content (AvgIpc) is 2.62. The minimum Gasteiger partial charge on any atom is -0.336 e. The van der Waals surface area contributed by atoms with Gasteiger partial charge < -0.3 is 4.90 Å². The molecule has 0 radical (unpaired) electrons. The smallest absolute Gasteiger partial charge is 0.336 e. The van der Waals surface area contributed by atoms with E-state index in [4.69, 9.17) is 0 Å². The van der Waals surface area contributed by atoms with E-state index < -0.39 is 5.51 Å². The largest absolute Gasteiger partial charge is 0.446 e. The van der Waals surface area contributed by atoms with Gasteiger partial charge in [-0.05, 0) is 48.2 Å². The molecular formula is C18H18F3N3OS. The van der Waals surface area contributed by atoms with Crippen molar-refractivity contribution in [1.82, 2.24) is 14.8 Å². The summed E-state index contributed by atoms with van der Waals surface area (Å²) in [5, 5.41) is 0. The number of piperazine rings is 1. The molecular weight excluding hydrogens is 363 g/mol. The summed E-state index contributed by atoms with van der Waals surface area (Å²) < 4.78 is 37.1. The highest BCUT2D eigenvalue weighted by Gasteiger charge is 2.29. The molecule has 1 amide bonds. The Labute approximate surface area is 154 Å². The molecule has 0 atom stereocenters. The van der Waals surface area contributed by atoms with E-state index in [9.17, 15) is 18.0 Å².